The van der Waals surface area contributed by atoms with E-state index in [2.05, 4.69) is 54.6 Å². The minimum absolute atomic E-state index is 0.0975. The predicted octanol–water partition coefficient (Wildman–Crippen LogP) is 5.15. The lowest BCUT2D eigenvalue weighted by atomic mass is 9.86. The van der Waals surface area contributed by atoms with E-state index in [0.29, 0.717) is 45.9 Å². The van der Waals surface area contributed by atoms with E-state index in [-0.39, 0.29) is 12.0 Å². The van der Waals surface area contributed by atoms with Gasteiger partial charge in [-0.25, -0.2) is 0 Å². The van der Waals surface area contributed by atoms with Gasteiger partial charge < -0.3 is 29.0 Å². The number of carboxylic acid groups (broad SMARTS) is 1. The maximum absolute atomic E-state index is 11.6. The van der Waals surface area contributed by atoms with Crippen LogP contribution in [0, 0.1) is 0 Å². The Morgan fingerprint density at radius 3 is 2.34 bits per heavy atom. The van der Waals surface area contributed by atoms with Crippen molar-refractivity contribution >= 4 is 16.9 Å². The molecule has 2 atom stereocenters. The molecule has 6 nitrogen and oxygen atoms in total. The van der Waals surface area contributed by atoms with Gasteiger partial charge in [0.2, 0.25) is 0 Å². The number of nitrogens with zero attached hydrogens (tertiary/aromatic N) is 1. The smallest absolute Gasteiger partial charge is 0.137 e. The van der Waals surface area contributed by atoms with Gasteiger partial charge in [-0.15, -0.1) is 0 Å². The number of likely N-dealkylation sites (tertiary alicyclic amines) is 1. The van der Waals surface area contributed by atoms with Crippen LogP contribution in [0.2, 0.25) is 0 Å². The summed E-state index contributed by atoms with van der Waals surface area (Å²) in [4.78, 5) is 12.9. The zero-order chi connectivity index (χ0) is 26.2. The summed E-state index contributed by atoms with van der Waals surface area (Å²) in [5.74, 6) is 0.933. The van der Waals surface area contributed by atoms with E-state index in [0.717, 1.165) is 27.8 Å². The summed E-state index contributed by atoms with van der Waals surface area (Å²) in [7, 11) is 0. The van der Waals surface area contributed by atoms with Crippen LogP contribution in [0.5, 0.6) is 5.75 Å². The van der Waals surface area contributed by atoms with Crippen molar-refractivity contribution in [1.82, 2.24) is 4.90 Å². The molecule has 0 N–H and O–H groups in total. The van der Waals surface area contributed by atoms with Crippen LogP contribution in [0.25, 0.3) is 10.8 Å². The topological polar surface area (TPSA) is 71.1 Å². The molecule has 0 aliphatic carbocycles. The van der Waals surface area contributed by atoms with Crippen molar-refractivity contribution in [3.63, 3.8) is 0 Å². The van der Waals surface area contributed by atoms with Crippen molar-refractivity contribution < 1.29 is 24.1 Å². The number of carbonyl (C=O) groups excluding carboxylic acids is 1. The van der Waals surface area contributed by atoms with Crippen LogP contribution in [-0.2, 0) is 22.7 Å². The lowest BCUT2D eigenvalue weighted by Gasteiger charge is -2.40. The SMILES string of the molecule is O=C([O-])N1CCC(c2ccc(COCCOc3ccccc3)cc2)C(OCc2ccc3ccccc3c2)C1. The van der Waals surface area contributed by atoms with Crippen molar-refractivity contribution in [2.45, 2.75) is 31.7 Å². The quantitative estimate of drug-likeness (QED) is 0.276. The van der Waals surface area contributed by atoms with Crippen molar-refractivity contribution in [1.29, 1.82) is 0 Å². The summed E-state index contributed by atoms with van der Waals surface area (Å²) in [6.45, 7) is 2.66. The van der Waals surface area contributed by atoms with Crippen molar-refractivity contribution in [2.24, 2.45) is 0 Å². The number of para-hydroxylation sites is 1. The molecular weight excluding hydrogens is 478 g/mol. The van der Waals surface area contributed by atoms with E-state index < -0.39 is 6.09 Å². The van der Waals surface area contributed by atoms with E-state index in [4.69, 9.17) is 14.2 Å². The molecule has 4 aromatic carbocycles. The van der Waals surface area contributed by atoms with Gasteiger partial charge in [-0.2, -0.15) is 0 Å². The second-order valence-corrected chi connectivity index (χ2v) is 9.59. The summed E-state index contributed by atoms with van der Waals surface area (Å²) >= 11 is 0. The van der Waals surface area contributed by atoms with Gasteiger partial charge in [0.1, 0.15) is 18.4 Å². The number of hydrogen-bond donors (Lipinski definition) is 0. The average molecular weight is 511 g/mol. The number of benzene rings is 4. The van der Waals surface area contributed by atoms with Crippen LogP contribution in [0.1, 0.15) is 29.0 Å². The molecule has 0 radical (unpaired) electrons. The second-order valence-electron chi connectivity index (χ2n) is 9.59. The summed E-state index contributed by atoms with van der Waals surface area (Å²) in [5.41, 5.74) is 3.29. The van der Waals surface area contributed by atoms with Crippen LogP contribution >= 0.6 is 0 Å². The normalized spacial score (nSPS) is 17.4. The number of hydrogen-bond acceptors (Lipinski definition) is 5. The highest BCUT2D eigenvalue weighted by Crippen LogP contribution is 2.31. The van der Waals surface area contributed by atoms with Gasteiger partial charge in [-0.3, -0.25) is 0 Å². The molecule has 1 fully saturated rings. The van der Waals surface area contributed by atoms with E-state index in [9.17, 15) is 9.90 Å². The van der Waals surface area contributed by atoms with Gasteiger partial charge in [0, 0.05) is 19.0 Å². The molecular formula is C32H32NO5-. The van der Waals surface area contributed by atoms with Gasteiger partial charge in [-0.05, 0) is 52.1 Å². The molecule has 0 bridgehead atoms. The Morgan fingerprint density at radius 2 is 1.55 bits per heavy atom. The highest BCUT2D eigenvalue weighted by Gasteiger charge is 2.31. The third-order valence-corrected chi connectivity index (χ3v) is 7.01. The van der Waals surface area contributed by atoms with Crippen molar-refractivity contribution in [3.8, 4) is 5.75 Å². The Morgan fingerprint density at radius 1 is 0.816 bits per heavy atom. The highest BCUT2D eigenvalue weighted by atomic mass is 16.5. The number of ether oxygens (including phenoxy) is 3. The third-order valence-electron chi connectivity index (χ3n) is 7.01. The van der Waals surface area contributed by atoms with Crippen molar-refractivity contribution in [2.75, 3.05) is 26.3 Å². The van der Waals surface area contributed by atoms with Gasteiger partial charge in [0.05, 0.1) is 25.9 Å². The first kappa shape index (κ1) is 25.8. The minimum Gasteiger partial charge on any atom is -0.530 e. The molecule has 1 aliphatic heterocycles. The highest BCUT2D eigenvalue weighted by molar-refractivity contribution is 5.82. The fourth-order valence-corrected chi connectivity index (χ4v) is 4.95. The standard InChI is InChI=1S/C32H33NO5/c34-32(35)33-17-16-30(31(21-33)38-23-25-12-13-26-6-4-5-7-28(26)20-25)27-14-10-24(11-15-27)22-36-18-19-37-29-8-2-1-3-9-29/h1-15,20,30-31H,16-19,21-23H2,(H,34,35)/p-1. The summed E-state index contributed by atoms with van der Waals surface area (Å²) < 4.78 is 17.8. The Kier molecular flexibility index (Phi) is 8.53. The monoisotopic (exact) mass is 510 g/mol. The van der Waals surface area contributed by atoms with Crippen LogP contribution in [-0.4, -0.2) is 43.4 Å². The summed E-state index contributed by atoms with van der Waals surface area (Å²) in [6, 6.07) is 32.5. The zero-order valence-corrected chi connectivity index (χ0v) is 21.3. The number of piperidine rings is 1. The molecule has 0 aromatic heterocycles. The maximum Gasteiger partial charge on any atom is 0.137 e. The number of carbonyl (C=O) groups is 1. The van der Waals surface area contributed by atoms with E-state index >= 15 is 0 Å². The predicted molar refractivity (Wildman–Crippen MR) is 145 cm³/mol. The molecule has 1 amide bonds. The third kappa shape index (κ3) is 6.71. The van der Waals surface area contributed by atoms with Gasteiger partial charge in [0.25, 0.3) is 0 Å². The van der Waals surface area contributed by atoms with Crippen LogP contribution in [0.4, 0.5) is 4.79 Å². The number of amides is 1. The molecule has 2 unspecified atom stereocenters. The zero-order valence-electron chi connectivity index (χ0n) is 21.3. The first-order valence-electron chi connectivity index (χ1n) is 13.1. The Labute approximate surface area is 223 Å². The fraction of sp³-hybridized carbons (Fsp3) is 0.281. The molecule has 38 heavy (non-hydrogen) atoms. The molecule has 1 saturated heterocycles. The lowest BCUT2D eigenvalue weighted by Crippen LogP contribution is -2.51. The number of rotatable bonds is 10. The summed E-state index contributed by atoms with van der Waals surface area (Å²) in [5, 5.41) is 13.9. The molecule has 1 aliphatic rings. The molecule has 6 heteroatoms. The van der Waals surface area contributed by atoms with E-state index in [1.54, 1.807) is 0 Å². The Bertz CT molecular complexity index is 1320. The largest absolute Gasteiger partial charge is 0.530 e. The van der Waals surface area contributed by atoms with Crippen LogP contribution in [0.3, 0.4) is 0 Å². The van der Waals surface area contributed by atoms with Crippen LogP contribution < -0.4 is 9.84 Å². The van der Waals surface area contributed by atoms with Gasteiger partial charge in [0.15, 0.2) is 0 Å². The molecule has 1 heterocycles. The molecule has 196 valence electrons. The van der Waals surface area contributed by atoms with Crippen molar-refractivity contribution in [3.05, 3.63) is 114 Å². The first-order valence-corrected chi connectivity index (χ1v) is 13.1. The van der Waals surface area contributed by atoms with Crippen LogP contribution in [0.15, 0.2) is 97.1 Å². The number of fused-ring (bicyclic) bond motifs is 1. The Balaban J connectivity index is 1.17. The Hall–Kier alpha value is -3.87. The van der Waals surface area contributed by atoms with E-state index in [1.165, 1.54) is 10.3 Å². The minimum atomic E-state index is -1.15. The molecule has 0 spiro atoms. The lowest BCUT2D eigenvalue weighted by molar-refractivity contribution is -0.268. The fourth-order valence-electron chi connectivity index (χ4n) is 4.95. The molecule has 5 rings (SSSR count). The van der Waals surface area contributed by atoms with E-state index in [1.807, 2.05) is 42.5 Å². The molecule has 4 aromatic rings. The van der Waals surface area contributed by atoms with Gasteiger partial charge >= 0.3 is 0 Å². The average Bonchev–Trinajstić information content (AvgIpc) is 2.96. The first-order chi connectivity index (χ1) is 18.7. The molecule has 0 saturated carbocycles. The summed E-state index contributed by atoms with van der Waals surface area (Å²) in [6.07, 6.45) is -0.722. The van der Waals surface area contributed by atoms with Gasteiger partial charge in [-0.1, -0.05) is 78.9 Å². The second kappa shape index (κ2) is 12.6. The maximum atomic E-state index is 11.6.